The van der Waals surface area contributed by atoms with E-state index in [9.17, 15) is 0 Å². The molecule has 0 radical (unpaired) electrons. The molecule has 0 spiro atoms. The molecule has 0 saturated heterocycles. The van der Waals surface area contributed by atoms with E-state index in [-0.39, 0.29) is 5.54 Å². The second-order valence-electron chi connectivity index (χ2n) is 3.87. The van der Waals surface area contributed by atoms with Gasteiger partial charge >= 0.3 is 0 Å². The van der Waals surface area contributed by atoms with E-state index in [1.165, 1.54) is 0 Å². The minimum Gasteiger partial charge on any atom is -0.340 e. The predicted molar refractivity (Wildman–Crippen MR) is 55.0 cm³/mol. The lowest BCUT2D eigenvalue weighted by molar-refractivity contribution is 0.277. The van der Waals surface area contributed by atoms with Gasteiger partial charge in [-0.1, -0.05) is 5.16 Å². The number of hydrogen-bond donors (Lipinski definition) is 1. The lowest BCUT2D eigenvalue weighted by atomic mass is 10.1. The molecular formula is C10H14N4O. The molecule has 15 heavy (non-hydrogen) atoms. The zero-order valence-corrected chi connectivity index (χ0v) is 8.84. The van der Waals surface area contributed by atoms with Crippen LogP contribution >= 0.6 is 0 Å². The summed E-state index contributed by atoms with van der Waals surface area (Å²) in [5.74, 6) is 1.10. The second kappa shape index (κ2) is 3.51. The van der Waals surface area contributed by atoms with Crippen molar-refractivity contribution in [3.8, 4) is 0 Å². The van der Waals surface area contributed by atoms with E-state index >= 15 is 0 Å². The fourth-order valence-corrected chi connectivity index (χ4v) is 1.40. The molecule has 0 aliphatic rings. The standard InChI is InChI=1S/C10H14N4O/c1-10(2,14-5-3-4-6-14)9-12-8(7-11)13-15-9/h3-6H,7,11H2,1-2H3. The summed E-state index contributed by atoms with van der Waals surface area (Å²) in [6.45, 7) is 4.33. The molecule has 5 nitrogen and oxygen atoms in total. The van der Waals surface area contributed by atoms with Gasteiger partial charge in [0, 0.05) is 12.4 Å². The predicted octanol–water partition coefficient (Wildman–Crippen LogP) is 1.11. The van der Waals surface area contributed by atoms with Crippen molar-refractivity contribution in [2.45, 2.75) is 25.9 Å². The van der Waals surface area contributed by atoms with E-state index in [1.807, 2.05) is 42.9 Å². The largest absolute Gasteiger partial charge is 0.340 e. The van der Waals surface area contributed by atoms with Gasteiger partial charge in [0.1, 0.15) is 5.54 Å². The first-order valence-corrected chi connectivity index (χ1v) is 4.81. The van der Waals surface area contributed by atoms with Gasteiger partial charge in [-0.2, -0.15) is 4.98 Å². The van der Waals surface area contributed by atoms with E-state index in [4.69, 9.17) is 10.3 Å². The minimum absolute atomic E-state index is 0.297. The molecule has 0 aliphatic carbocycles. The normalized spacial score (nSPS) is 11.9. The van der Waals surface area contributed by atoms with E-state index in [0.717, 1.165) is 0 Å². The monoisotopic (exact) mass is 206 g/mol. The van der Waals surface area contributed by atoms with Gasteiger partial charge in [0.15, 0.2) is 5.82 Å². The third-order valence-electron chi connectivity index (χ3n) is 2.42. The Hall–Kier alpha value is -1.62. The first-order chi connectivity index (χ1) is 7.14. The molecule has 0 bridgehead atoms. The summed E-state index contributed by atoms with van der Waals surface area (Å²) < 4.78 is 7.20. The Balaban J connectivity index is 2.37. The second-order valence-corrected chi connectivity index (χ2v) is 3.87. The van der Waals surface area contributed by atoms with Gasteiger partial charge in [-0.15, -0.1) is 0 Å². The average molecular weight is 206 g/mol. The first-order valence-electron chi connectivity index (χ1n) is 4.81. The number of rotatable bonds is 3. The van der Waals surface area contributed by atoms with Crippen LogP contribution < -0.4 is 5.73 Å². The van der Waals surface area contributed by atoms with Crippen LogP contribution in [0.2, 0.25) is 0 Å². The Kier molecular flexibility index (Phi) is 2.32. The van der Waals surface area contributed by atoms with Crippen LogP contribution in [0.4, 0.5) is 0 Å². The molecule has 2 aromatic rings. The van der Waals surface area contributed by atoms with Crippen LogP contribution in [0.3, 0.4) is 0 Å². The summed E-state index contributed by atoms with van der Waals surface area (Å²) in [5, 5.41) is 3.79. The van der Waals surface area contributed by atoms with Crippen LogP contribution in [0.15, 0.2) is 29.0 Å². The summed E-state index contributed by atoms with van der Waals surface area (Å²) in [7, 11) is 0. The Morgan fingerprint density at radius 1 is 1.40 bits per heavy atom. The highest BCUT2D eigenvalue weighted by molar-refractivity contribution is 5.06. The molecule has 0 aliphatic heterocycles. The van der Waals surface area contributed by atoms with Crippen molar-refractivity contribution >= 4 is 0 Å². The van der Waals surface area contributed by atoms with Gasteiger partial charge in [0.2, 0.25) is 0 Å². The SMILES string of the molecule is CC(C)(c1nc(CN)no1)n1cccc1. The topological polar surface area (TPSA) is 69.9 Å². The fourth-order valence-electron chi connectivity index (χ4n) is 1.40. The lowest BCUT2D eigenvalue weighted by Crippen LogP contribution is -2.26. The molecule has 0 atom stereocenters. The first kappa shape index (κ1) is 9.92. The lowest BCUT2D eigenvalue weighted by Gasteiger charge is -2.22. The van der Waals surface area contributed by atoms with E-state index in [2.05, 4.69) is 10.1 Å². The summed E-state index contributed by atoms with van der Waals surface area (Å²) in [6, 6.07) is 3.92. The smallest absolute Gasteiger partial charge is 0.252 e. The summed E-state index contributed by atoms with van der Waals surface area (Å²) in [5.41, 5.74) is 5.09. The van der Waals surface area contributed by atoms with Crippen LogP contribution in [0.1, 0.15) is 25.6 Å². The third kappa shape index (κ3) is 1.66. The molecule has 2 rings (SSSR count). The van der Waals surface area contributed by atoms with Gasteiger partial charge in [0.25, 0.3) is 5.89 Å². The Labute approximate surface area is 87.9 Å². The quantitative estimate of drug-likeness (QED) is 0.816. The summed E-state index contributed by atoms with van der Waals surface area (Å²) >= 11 is 0. The number of nitrogens with two attached hydrogens (primary N) is 1. The van der Waals surface area contributed by atoms with Crippen LogP contribution in [-0.2, 0) is 12.1 Å². The van der Waals surface area contributed by atoms with Crippen LogP contribution in [-0.4, -0.2) is 14.7 Å². The number of nitrogens with zero attached hydrogens (tertiary/aromatic N) is 3. The maximum atomic E-state index is 5.43. The van der Waals surface area contributed by atoms with Crippen molar-refractivity contribution < 1.29 is 4.52 Å². The van der Waals surface area contributed by atoms with Gasteiger partial charge < -0.3 is 14.8 Å². The maximum absolute atomic E-state index is 5.43. The summed E-state index contributed by atoms with van der Waals surface area (Å²) in [6.07, 6.45) is 3.93. The van der Waals surface area contributed by atoms with Gasteiger partial charge in [-0.3, -0.25) is 0 Å². The highest BCUT2D eigenvalue weighted by atomic mass is 16.5. The average Bonchev–Trinajstić information content (AvgIpc) is 2.89. The highest BCUT2D eigenvalue weighted by Crippen LogP contribution is 2.23. The van der Waals surface area contributed by atoms with E-state index in [0.29, 0.717) is 18.3 Å². The van der Waals surface area contributed by atoms with Crippen molar-refractivity contribution in [3.05, 3.63) is 36.2 Å². The van der Waals surface area contributed by atoms with Gasteiger partial charge in [-0.05, 0) is 26.0 Å². The van der Waals surface area contributed by atoms with Crippen molar-refractivity contribution in [2.24, 2.45) is 5.73 Å². The molecular weight excluding hydrogens is 192 g/mol. The van der Waals surface area contributed by atoms with Crippen molar-refractivity contribution in [3.63, 3.8) is 0 Å². The molecule has 2 N–H and O–H groups in total. The van der Waals surface area contributed by atoms with E-state index < -0.39 is 0 Å². The maximum Gasteiger partial charge on any atom is 0.252 e. The Bertz CT molecular complexity index is 430. The molecule has 80 valence electrons. The molecule has 2 heterocycles. The molecule has 0 aromatic carbocycles. The fraction of sp³-hybridized carbons (Fsp3) is 0.400. The Morgan fingerprint density at radius 3 is 2.60 bits per heavy atom. The highest BCUT2D eigenvalue weighted by Gasteiger charge is 2.28. The van der Waals surface area contributed by atoms with Crippen LogP contribution in [0, 0.1) is 0 Å². The van der Waals surface area contributed by atoms with Crippen LogP contribution in [0.5, 0.6) is 0 Å². The zero-order chi connectivity index (χ0) is 10.9. The van der Waals surface area contributed by atoms with E-state index in [1.54, 1.807) is 0 Å². The zero-order valence-electron chi connectivity index (χ0n) is 8.84. The minimum atomic E-state index is -0.343. The molecule has 0 unspecified atom stereocenters. The molecule has 0 saturated carbocycles. The van der Waals surface area contributed by atoms with Crippen molar-refractivity contribution in [1.82, 2.24) is 14.7 Å². The number of hydrogen-bond acceptors (Lipinski definition) is 4. The molecule has 5 heteroatoms. The van der Waals surface area contributed by atoms with Crippen molar-refractivity contribution in [1.29, 1.82) is 0 Å². The summed E-state index contributed by atoms with van der Waals surface area (Å²) in [4.78, 5) is 4.23. The van der Waals surface area contributed by atoms with Gasteiger partial charge in [0.05, 0.1) is 6.54 Å². The van der Waals surface area contributed by atoms with Gasteiger partial charge in [-0.25, -0.2) is 0 Å². The molecule has 0 amide bonds. The third-order valence-corrected chi connectivity index (χ3v) is 2.42. The molecule has 0 fully saturated rings. The molecule has 2 aromatic heterocycles. The van der Waals surface area contributed by atoms with Crippen LogP contribution in [0.25, 0.3) is 0 Å². The Morgan fingerprint density at radius 2 is 2.07 bits per heavy atom. The van der Waals surface area contributed by atoms with Crippen molar-refractivity contribution in [2.75, 3.05) is 0 Å². The number of aromatic nitrogens is 3.